The summed E-state index contributed by atoms with van der Waals surface area (Å²) in [5.41, 5.74) is 1.99. The second kappa shape index (κ2) is 9.24. The maximum Gasteiger partial charge on any atom is 0.279 e. The topological polar surface area (TPSA) is 52.0 Å². The van der Waals surface area contributed by atoms with Gasteiger partial charge in [0, 0.05) is 12.1 Å². The largest absolute Gasteiger partial charge is 0.493 e. The molecule has 1 unspecified atom stereocenters. The molecule has 0 radical (unpaired) electrons. The third-order valence-electron chi connectivity index (χ3n) is 4.78. The van der Waals surface area contributed by atoms with Gasteiger partial charge in [-0.15, -0.1) is 0 Å². The number of ether oxygens (including phenoxy) is 2. The molecule has 1 amide bonds. The highest BCUT2D eigenvalue weighted by Gasteiger charge is 2.12. The highest BCUT2D eigenvalue weighted by atomic mass is 16.5. The first-order chi connectivity index (χ1) is 13.6. The second-order valence-corrected chi connectivity index (χ2v) is 6.93. The average molecular weight is 379 g/mol. The molecule has 2 N–H and O–H groups in total. The van der Waals surface area contributed by atoms with Gasteiger partial charge >= 0.3 is 0 Å². The number of anilines is 1. The van der Waals surface area contributed by atoms with E-state index in [0.29, 0.717) is 6.54 Å². The van der Waals surface area contributed by atoms with Crippen molar-refractivity contribution in [2.75, 3.05) is 39.7 Å². The van der Waals surface area contributed by atoms with E-state index >= 15 is 0 Å². The number of fused-ring (bicyclic) bond motifs is 1. The van der Waals surface area contributed by atoms with Crippen molar-refractivity contribution in [3.8, 4) is 11.5 Å². The Morgan fingerprint density at radius 2 is 1.68 bits per heavy atom. The fourth-order valence-corrected chi connectivity index (χ4v) is 3.23. The van der Waals surface area contributed by atoms with Crippen LogP contribution in [0.1, 0.15) is 5.56 Å². The van der Waals surface area contributed by atoms with Gasteiger partial charge in [-0.1, -0.05) is 36.4 Å². The van der Waals surface area contributed by atoms with Crippen molar-refractivity contribution in [1.29, 1.82) is 0 Å². The van der Waals surface area contributed by atoms with Crippen LogP contribution in [-0.4, -0.2) is 40.3 Å². The first-order valence-corrected chi connectivity index (χ1v) is 9.40. The van der Waals surface area contributed by atoms with Crippen LogP contribution in [0, 0.1) is 0 Å². The lowest BCUT2D eigenvalue weighted by molar-refractivity contribution is -0.870. The van der Waals surface area contributed by atoms with Crippen molar-refractivity contribution in [3.05, 3.63) is 66.2 Å². The van der Waals surface area contributed by atoms with Crippen LogP contribution < -0.4 is 19.7 Å². The molecule has 0 heterocycles. The summed E-state index contributed by atoms with van der Waals surface area (Å²) < 4.78 is 10.6. The van der Waals surface area contributed by atoms with Gasteiger partial charge in [-0.05, 0) is 40.6 Å². The molecule has 0 saturated carbocycles. The van der Waals surface area contributed by atoms with Crippen LogP contribution in [0.4, 0.5) is 5.69 Å². The lowest BCUT2D eigenvalue weighted by Gasteiger charge is -2.15. The molecule has 5 heteroatoms. The molecule has 0 spiro atoms. The molecule has 3 aromatic rings. The summed E-state index contributed by atoms with van der Waals surface area (Å²) in [5.74, 6) is 1.47. The van der Waals surface area contributed by atoms with Gasteiger partial charge < -0.3 is 19.7 Å². The Hall–Kier alpha value is -3.05. The molecular weight excluding hydrogens is 352 g/mol. The minimum atomic E-state index is 0.0140. The Morgan fingerprint density at radius 3 is 2.43 bits per heavy atom. The van der Waals surface area contributed by atoms with Crippen molar-refractivity contribution in [2.45, 2.75) is 6.42 Å². The molecule has 0 fully saturated rings. The Labute approximate surface area is 165 Å². The number of carbonyl (C=O) groups excluding carboxylic acids is 1. The standard InChI is InChI=1S/C23H26N2O3/c1-25(13-12-17-8-11-21(27-2)22(14-17)28-3)16-23(26)24-20-10-9-18-6-4-5-7-19(18)15-20/h4-11,14-15H,12-13,16H2,1-3H3,(H,24,26)/p+1. The zero-order chi connectivity index (χ0) is 19.9. The van der Waals surface area contributed by atoms with Crippen LogP contribution in [-0.2, 0) is 11.2 Å². The van der Waals surface area contributed by atoms with Gasteiger partial charge in [0.25, 0.3) is 5.91 Å². The molecule has 0 aliphatic carbocycles. The van der Waals surface area contributed by atoms with E-state index < -0.39 is 0 Å². The summed E-state index contributed by atoms with van der Waals surface area (Å²) in [7, 11) is 5.29. The van der Waals surface area contributed by atoms with E-state index in [-0.39, 0.29) is 5.91 Å². The van der Waals surface area contributed by atoms with Crippen molar-refractivity contribution < 1.29 is 19.2 Å². The number of rotatable bonds is 8. The quantitative estimate of drug-likeness (QED) is 0.632. The maximum atomic E-state index is 12.4. The van der Waals surface area contributed by atoms with Crippen molar-refractivity contribution in [1.82, 2.24) is 0 Å². The van der Waals surface area contributed by atoms with Gasteiger partial charge in [-0.25, -0.2) is 0 Å². The second-order valence-electron chi connectivity index (χ2n) is 6.93. The molecule has 1 atom stereocenters. The van der Waals surface area contributed by atoms with E-state index in [9.17, 15) is 4.79 Å². The summed E-state index contributed by atoms with van der Waals surface area (Å²) in [4.78, 5) is 13.5. The molecule has 0 bridgehead atoms. The predicted octanol–water partition coefficient (Wildman–Crippen LogP) is 2.55. The summed E-state index contributed by atoms with van der Waals surface area (Å²) in [6.45, 7) is 1.26. The predicted molar refractivity (Wildman–Crippen MR) is 112 cm³/mol. The highest BCUT2D eigenvalue weighted by molar-refractivity contribution is 5.94. The first-order valence-electron chi connectivity index (χ1n) is 9.40. The van der Waals surface area contributed by atoms with E-state index in [1.54, 1.807) is 14.2 Å². The minimum Gasteiger partial charge on any atom is -0.493 e. The van der Waals surface area contributed by atoms with Gasteiger partial charge in [0.15, 0.2) is 18.0 Å². The number of amides is 1. The number of nitrogens with one attached hydrogen (secondary N) is 2. The van der Waals surface area contributed by atoms with E-state index in [2.05, 4.69) is 11.4 Å². The smallest absolute Gasteiger partial charge is 0.279 e. The third-order valence-corrected chi connectivity index (χ3v) is 4.78. The molecule has 146 valence electrons. The van der Waals surface area contributed by atoms with E-state index in [1.807, 2.05) is 61.6 Å². The third kappa shape index (κ3) is 5.02. The molecule has 0 aliphatic rings. The molecule has 0 aromatic heterocycles. The zero-order valence-corrected chi connectivity index (χ0v) is 16.6. The van der Waals surface area contributed by atoms with Crippen LogP contribution in [0.5, 0.6) is 11.5 Å². The Balaban J connectivity index is 1.52. The molecule has 0 aliphatic heterocycles. The van der Waals surface area contributed by atoms with Crippen LogP contribution in [0.2, 0.25) is 0 Å². The zero-order valence-electron chi connectivity index (χ0n) is 16.6. The fourth-order valence-electron chi connectivity index (χ4n) is 3.23. The first kappa shape index (κ1) is 19.7. The number of methoxy groups -OCH3 is 2. The van der Waals surface area contributed by atoms with Crippen LogP contribution in [0.15, 0.2) is 60.7 Å². The minimum absolute atomic E-state index is 0.0140. The molecule has 3 rings (SSSR count). The number of benzene rings is 3. The van der Waals surface area contributed by atoms with Crippen molar-refractivity contribution in [3.63, 3.8) is 0 Å². The maximum absolute atomic E-state index is 12.4. The molecule has 28 heavy (non-hydrogen) atoms. The lowest BCUT2D eigenvalue weighted by Crippen LogP contribution is -3.10. The summed E-state index contributed by atoms with van der Waals surface area (Å²) in [5, 5.41) is 5.28. The fraction of sp³-hybridized carbons (Fsp3) is 0.261. The Bertz CT molecular complexity index is 955. The highest BCUT2D eigenvalue weighted by Crippen LogP contribution is 2.27. The number of hydrogen-bond acceptors (Lipinski definition) is 3. The van der Waals surface area contributed by atoms with Crippen LogP contribution in [0.25, 0.3) is 10.8 Å². The normalized spacial score (nSPS) is 11.8. The van der Waals surface area contributed by atoms with E-state index in [1.165, 1.54) is 0 Å². The van der Waals surface area contributed by atoms with Crippen LogP contribution in [0.3, 0.4) is 0 Å². The Kier molecular flexibility index (Phi) is 6.50. The number of hydrogen-bond donors (Lipinski definition) is 2. The molecule has 0 saturated heterocycles. The van der Waals surface area contributed by atoms with Gasteiger partial charge in [-0.3, -0.25) is 4.79 Å². The molecular formula is C23H27N2O3+. The van der Waals surface area contributed by atoms with Gasteiger partial charge in [0.05, 0.1) is 27.8 Å². The average Bonchev–Trinajstić information content (AvgIpc) is 2.71. The SMILES string of the molecule is COc1ccc(CC[NH+](C)CC(=O)Nc2ccc3ccccc3c2)cc1OC. The number of quaternary nitrogens is 1. The summed E-state index contributed by atoms with van der Waals surface area (Å²) in [6, 6.07) is 20.0. The van der Waals surface area contributed by atoms with Gasteiger partial charge in [0.1, 0.15) is 0 Å². The molecule has 3 aromatic carbocycles. The molecule has 5 nitrogen and oxygen atoms in total. The van der Waals surface area contributed by atoms with Crippen molar-refractivity contribution >= 4 is 22.4 Å². The van der Waals surface area contributed by atoms with E-state index in [4.69, 9.17) is 9.47 Å². The van der Waals surface area contributed by atoms with Gasteiger partial charge in [-0.2, -0.15) is 0 Å². The van der Waals surface area contributed by atoms with E-state index in [0.717, 1.165) is 51.4 Å². The summed E-state index contributed by atoms with van der Waals surface area (Å²) in [6.07, 6.45) is 0.857. The van der Waals surface area contributed by atoms with Gasteiger partial charge in [0.2, 0.25) is 0 Å². The number of carbonyl (C=O) groups is 1. The van der Waals surface area contributed by atoms with Crippen molar-refractivity contribution in [2.24, 2.45) is 0 Å². The summed E-state index contributed by atoms with van der Waals surface area (Å²) >= 11 is 0. The Morgan fingerprint density at radius 1 is 0.929 bits per heavy atom. The monoisotopic (exact) mass is 379 g/mol. The van der Waals surface area contributed by atoms with Crippen LogP contribution >= 0.6 is 0 Å². The lowest BCUT2D eigenvalue weighted by atomic mass is 10.1. The number of likely N-dealkylation sites (N-methyl/N-ethyl adjacent to an activating group) is 1.